The number of fused-ring (bicyclic) bond motifs is 7. The molecule has 0 radical (unpaired) electrons. The molecule has 3 heterocycles. The third-order valence-corrected chi connectivity index (χ3v) is 11.9. The second-order valence-electron chi connectivity index (χ2n) is 14.0. The first kappa shape index (κ1) is 31.5. The first-order valence-electron chi connectivity index (χ1n) is 18.6. The topological polar surface area (TPSA) is 21.1 Å². The van der Waals surface area contributed by atoms with Gasteiger partial charge in [-0.25, -0.2) is 0 Å². The molecule has 0 atom stereocenters. The van der Waals surface area contributed by atoms with E-state index in [1.165, 1.54) is 63.9 Å². The van der Waals surface area contributed by atoms with E-state index in [0.717, 1.165) is 34.0 Å². The second kappa shape index (κ2) is 12.8. The summed E-state index contributed by atoms with van der Waals surface area (Å²) < 4.78 is 4.92. The van der Waals surface area contributed by atoms with Gasteiger partial charge in [0.15, 0.2) is 0 Å². The van der Waals surface area contributed by atoms with E-state index < -0.39 is 0 Å². The standard InChI is InChI=1S/C51H33N3S/c1-3-11-34(12-4-1)35-19-23-40(24-20-35)53(42-27-28-44-43-17-9-10-18-48(43)54(49(44)31-42)39-15-5-2-6-16-39)41-25-21-36(22-26-41)47-32-51-46(33-52-47)45-29-37-13-7-8-14-38(37)30-50(45)55-51/h1-33H. The summed E-state index contributed by atoms with van der Waals surface area (Å²) in [6.07, 6.45) is 2.05. The molecule has 0 aliphatic heterocycles. The molecule has 0 aliphatic rings. The van der Waals surface area contributed by atoms with Crippen molar-refractivity contribution in [1.82, 2.24) is 9.55 Å². The zero-order chi connectivity index (χ0) is 36.3. The molecule has 0 bridgehead atoms. The monoisotopic (exact) mass is 719 g/mol. The fourth-order valence-corrected chi connectivity index (χ4v) is 9.27. The van der Waals surface area contributed by atoms with E-state index >= 15 is 0 Å². The molecule has 0 saturated carbocycles. The molecule has 0 aliphatic carbocycles. The minimum absolute atomic E-state index is 0.975. The summed E-state index contributed by atoms with van der Waals surface area (Å²) >= 11 is 1.84. The van der Waals surface area contributed by atoms with Gasteiger partial charge in [0, 0.05) is 65.5 Å². The first-order valence-corrected chi connectivity index (χ1v) is 19.4. The summed E-state index contributed by atoms with van der Waals surface area (Å²) in [6.45, 7) is 0. The first-order chi connectivity index (χ1) is 27.2. The minimum Gasteiger partial charge on any atom is -0.310 e. The van der Waals surface area contributed by atoms with Crippen molar-refractivity contribution in [2.45, 2.75) is 0 Å². The molecular weight excluding hydrogens is 687 g/mol. The molecule has 0 N–H and O–H groups in total. The van der Waals surface area contributed by atoms with Crippen LogP contribution in [0.15, 0.2) is 200 Å². The Morgan fingerprint density at radius 3 is 1.75 bits per heavy atom. The van der Waals surface area contributed by atoms with Gasteiger partial charge in [-0.15, -0.1) is 11.3 Å². The van der Waals surface area contributed by atoms with Crippen molar-refractivity contribution in [3.63, 3.8) is 0 Å². The zero-order valence-corrected chi connectivity index (χ0v) is 30.6. The Morgan fingerprint density at radius 2 is 0.982 bits per heavy atom. The quantitative estimate of drug-likeness (QED) is 0.171. The van der Waals surface area contributed by atoms with Gasteiger partial charge in [-0.1, -0.05) is 121 Å². The van der Waals surface area contributed by atoms with Crippen LogP contribution in [0.25, 0.3) is 80.8 Å². The van der Waals surface area contributed by atoms with Crippen molar-refractivity contribution >= 4 is 81.1 Å². The number of hydrogen-bond acceptors (Lipinski definition) is 3. The maximum atomic E-state index is 4.99. The van der Waals surface area contributed by atoms with Gasteiger partial charge in [0.1, 0.15) is 0 Å². The largest absolute Gasteiger partial charge is 0.310 e. The fraction of sp³-hybridized carbons (Fsp3) is 0. The highest BCUT2D eigenvalue weighted by atomic mass is 32.1. The number of rotatable bonds is 6. The third kappa shape index (κ3) is 5.38. The van der Waals surface area contributed by atoms with Crippen molar-refractivity contribution in [3.05, 3.63) is 200 Å². The minimum atomic E-state index is 0.975. The van der Waals surface area contributed by atoms with Crippen LogP contribution in [0.3, 0.4) is 0 Å². The number of aromatic nitrogens is 2. The van der Waals surface area contributed by atoms with Crippen LogP contribution < -0.4 is 4.90 Å². The second-order valence-corrected chi connectivity index (χ2v) is 15.1. The van der Waals surface area contributed by atoms with Gasteiger partial charge in [-0.3, -0.25) is 4.98 Å². The fourth-order valence-electron chi connectivity index (χ4n) is 8.13. The number of nitrogens with zero attached hydrogens (tertiary/aromatic N) is 3. The third-order valence-electron chi connectivity index (χ3n) is 10.8. The van der Waals surface area contributed by atoms with E-state index in [4.69, 9.17) is 4.98 Å². The molecule has 8 aromatic carbocycles. The maximum Gasteiger partial charge on any atom is 0.0716 e. The van der Waals surface area contributed by atoms with Crippen LogP contribution in [0.1, 0.15) is 0 Å². The van der Waals surface area contributed by atoms with Gasteiger partial charge in [0.05, 0.1) is 16.7 Å². The Labute approximate surface area is 322 Å². The van der Waals surface area contributed by atoms with Crippen LogP contribution in [0, 0.1) is 0 Å². The molecule has 55 heavy (non-hydrogen) atoms. The van der Waals surface area contributed by atoms with Crippen LogP contribution in [0.4, 0.5) is 17.1 Å². The lowest BCUT2D eigenvalue weighted by molar-refractivity contribution is 1.18. The van der Waals surface area contributed by atoms with Crippen LogP contribution in [-0.4, -0.2) is 9.55 Å². The number of benzene rings is 8. The van der Waals surface area contributed by atoms with E-state index in [-0.39, 0.29) is 0 Å². The summed E-state index contributed by atoms with van der Waals surface area (Å²) in [5.74, 6) is 0. The molecule has 0 fully saturated rings. The van der Waals surface area contributed by atoms with Crippen molar-refractivity contribution in [2.24, 2.45) is 0 Å². The van der Waals surface area contributed by atoms with Gasteiger partial charge in [-0.2, -0.15) is 0 Å². The lowest BCUT2D eigenvalue weighted by Gasteiger charge is -2.26. The number of thiophene rings is 1. The Bertz CT molecular complexity index is 3180. The average Bonchev–Trinajstić information content (AvgIpc) is 3.78. The lowest BCUT2D eigenvalue weighted by atomic mass is 10.0. The average molecular weight is 720 g/mol. The molecule has 11 aromatic rings. The van der Waals surface area contributed by atoms with Gasteiger partial charge in [0.2, 0.25) is 0 Å². The van der Waals surface area contributed by atoms with E-state index in [0.29, 0.717) is 0 Å². The molecule has 0 amide bonds. The van der Waals surface area contributed by atoms with Gasteiger partial charge in [-0.05, 0) is 94.7 Å². The summed E-state index contributed by atoms with van der Waals surface area (Å²) in [7, 11) is 0. The molecular formula is C51H33N3S. The van der Waals surface area contributed by atoms with Crippen molar-refractivity contribution in [3.8, 4) is 28.1 Å². The summed E-state index contributed by atoms with van der Waals surface area (Å²) in [4.78, 5) is 7.35. The highest BCUT2D eigenvalue weighted by molar-refractivity contribution is 7.25. The normalized spacial score (nSPS) is 11.6. The summed E-state index contributed by atoms with van der Waals surface area (Å²) in [6, 6.07) is 70.0. The molecule has 3 nitrogen and oxygen atoms in total. The Hall–Kier alpha value is -7.01. The van der Waals surface area contributed by atoms with E-state index in [2.05, 4.69) is 204 Å². The zero-order valence-electron chi connectivity index (χ0n) is 29.8. The van der Waals surface area contributed by atoms with Crippen molar-refractivity contribution < 1.29 is 0 Å². The predicted molar refractivity (Wildman–Crippen MR) is 235 cm³/mol. The molecule has 11 rings (SSSR count). The Balaban J connectivity index is 1.03. The van der Waals surface area contributed by atoms with Crippen molar-refractivity contribution in [2.75, 3.05) is 4.90 Å². The molecule has 0 saturated heterocycles. The molecule has 258 valence electrons. The highest BCUT2D eigenvalue weighted by Crippen LogP contribution is 2.42. The lowest BCUT2D eigenvalue weighted by Crippen LogP contribution is -2.10. The number of anilines is 3. The van der Waals surface area contributed by atoms with Crippen LogP contribution in [0.5, 0.6) is 0 Å². The molecule has 3 aromatic heterocycles. The number of pyridine rings is 1. The van der Waals surface area contributed by atoms with Gasteiger partial charge < -0.3 is 9.47 Å². The van der Waals surface area contributed by atoms with Gasteiger partial charge in [0.25, 0.3) is 0 Å². The molecule has 0 spiro atoms. The summed E-state index contributed by atoms with van der Waals surface area (Å²) in [5.41, 5.74) is 11.2. The van der Waals surface area contributed by atoms with Crippen LogP contribution in [0.2, 0.25) is 0 Å². The molecule has 4 heteroatoms. The van der Waals surface area contributed by atoms with E-state index in [1.807, 2.05) is 17.5 Å². The van der Waals surface area contributed by atoms with E-state index in [1.54, 1.807) is 0 Å². The Kier molecular flexibility index (Phi) is 7.35. The highest BCUT2D eigenvalue weighted by Gasteiger charge is 2.18. The Morgan fingerprint density at radius 1 is 0.400 bits per heavy atom. The SMILES string of the molecule is c1ccc(-c2ccc(N(c3ccc(-c4cc5sc6cc7ccccc7cc6c5cn4)cc3)c3ccc4c5ccccc5n(-c5ccccc5)c4c3)cc2)cc1. The van der Waals surface area contributed by atoms with E-state index in [9.17, 15) is 0 Å². The van der Waals surface area contributed by atoms with Crippen molar-refractivity contribution in [1.29, 1.82) is 0 Å². The van der Waals surface area contributed by atoms with Crippen LogP contribution >= 0.6 is 11.3 Å². The smallest absolute Gasteiger partial charge is 0.0716 e. The molecule has 0 unspecified atom stereocenters. The maximum absolute atomic E-state index is 4.99. The van der Waals surface area contributed by atoms with Gasteiger partial charge >= 0.3 is 0 Å². The number of para-hydroxylation sites is 2. The van der Waals surface area contributed by atoms with Crippen LogP contribution in [-0.2, 0) is 0 Å². The number of hydrogen-bond donors (Lipinski definition) is 0. The predicted octanol–water partition coefficient (Wildman–Crippen LogP) is 14.5. The summed E-state index contributed by atoms with van der Waals surface area (Å²) in [5, 5.41) is 7.48.